The fraction of sp³-hybridized carbons (Fsp3) is 0.588. The molecule has 0 radical (unpaired) electrons. The zero-order valence-corrected chi connectivity index (χ0v) is 13.9. The molecule has 1 saturated carbocycles. The van der Waals surface area contributed by atoms with E-state index in [0.717, 1.165) is 10.6 Å². The molecule has 1 aromatic rings. The molecule has 7 heteroatoms. The minimum atomic E-state index is -4.18. The Morgan fingerprint density at radius 3 is 2.38 bits per heavy atom. The molecule has 0 atom stereocenters. The van der Waals surface area contributed by atoms with Gasteiger partial charge in [0.1, 0.15) is 11.9 Å². The molecule has 1 heterocycles. The largest absolute Gasteiger partial charge is 0.391 e. The molecule has 0 amide bonds. The first-order valence-electron chi connectivity index (χ1n) is 8.06. The standard InChI is InChI=1S/C17H18F4N2S/c18-14-7-12(9-22)16(24-10-11-1-2-11)8-15(14)23-5-3-13(4-6-23)17(19,20)21/h7-8,11,13H,1-6,10H2. The highest BCUT2D eigenvalue weighted by Crippen LogP contribution is 2.39. The Labute approximate surface area is 142 Å². The summed E-state index contributed by atoms with van der Waals surface area (Å²) in [5.74, 6) is -0.278. The third-order valence-electron chi connectivity index (χ3n) is 4.64. The van der Waals surface area contributed by atoms with Crippen molar-refractivity contribution < 1.29 is 17.6 Å². The highest BCUT2D eigenvalue weighted by molar-refractivity contribution is 7.99. The van der Waals surface area contributed by atoms with E-state index >= 15 is 0 Å². The molecule has 130 valence electrons. The molecule has 0 N–H and O–H groups in total. The molecular weight excluding hydrogens is 340 g/mol. The van der Waals surface area contributed by atoms with E-state index in [1.165, 1.54) is 30.7 Å². The zero-order chi connectivity index (χ0) is 17.3. The SMILES string of the molecule is N#Cc1cc(F)c(N2CCC(C(F)(F)F)CC2)cc1SCC1CC1. The number of alkyl halides is 3. The first kappa shape index (κ1) is 17.4. The lowest BCUT2D eigenvalue weighted by Gasteiger charge is -2.34. The lowest BCUT2D eigenvalue weighted by molar-refractivity contribution is -0.179. The number of nitriles is 1. The van der Waals surface area contributed by atoms with Crippen molar-refractivity contribution in [2.75, 3.05) is 23.7 Å². The maximum absolute atomic E-state index is 14.3. The van der Waals surface area contributed by atoms with Gasteiger partial charge in [0.15, 0.2) is 0 Å². The predicted molar refractivity (Wildman–Crippen MR) is 85.6 cm³/mol. The minimum absolute atomic E-state index is 0.0203. The van der Waals surface area contributed by atoms with E-state index in [1.54, 1.807) is 11.0 Å². The van der Waals surface area contributed by atoms with Gasteiger partial charge in [-0.1, -0.05) is 0 Å². The van der Waals surface area contributed by atoms with E-state index in [9.17, 15) is 22.8 Å². The molecule has 1 aliphatic carbocycles. The van der Waals surface area contributed by atoms with Crippen LogP contribution < -0.4 is 4.90 Å². The van der Waals surface area contributed by atoms with E-state index in [2.05, 4.69) is 0 Å². The Morgan fingerprint density at radius 2 is 1.83 bits per heavy atom. The molecule has 0 spiro atoms. The van der Waals surface area contributed by atoms with Gasteiger partial charge in [-0.15, -0.1) is 11.8 Å². The number of hydrogen-bond donors (Lipinski definition) is 0. The summed E-state index contributed by atoms with van der Waals surface area (Å²) in [5, 5.41) is 9.18. The molecule has 24 heavy (non-hydrogen) atoms. The van der Waals surface area contributed by atoms with Gasteiger partial charge in [-0.3, -0.25) is 0 Å². The summed E-state index contributed by atoms with van der Waals surface area (Å²) in [7, 11) is 0. The van der Waals surface area contributed by atoms with Gasteiger partial charge >= 0.3 is 6.18 Å². The van der Waals surface area contributed by atoms with Crippen LogP contribution >= 0.6 is 11.8 Å². The van der Waals surface area contributed by atoms with Gasteiger partial charge in [-0.05, 0) is 43.7 Å². The van der Waals surface area contributed by atoms with Crippen LogP contribution in [0.5, 0.6) is 0 Å². The van der Waals surface area contributed by atoms with Crippen LogP contribution in [0, 0.1) is 29.0 Å². The third-order valence-corrected chi connectivity index (χ3v) is 5.93. The van der Waals surface area contributed by atoms with Gasteiger partial charge in [0.05, 0.1) is 17.2 Å². The Kier molecular flexibility index (Phi) is 4.95. The second-order valence-electron chi connectivity index (χ2n) is 6.47. The van der Waals surface area contributed by atoms with E-state index < -0.39 is 17.9 Å². The van der Waals surface area contributed by atoms with Gasteiger partial charge in [0, 0.05) is 23.7 Å². The Bertz CT molecular complexity index is 641. The highest BCUT2D eigenvalue weighted by atomic mass is 32.2. The molecule has 0 bridgehead atoms. The van der Waals surface area contributed by atoms with Gasteiger partial charge < -0.3 is 4.90 Å². The van der Waals surface area contributed by atoms with Crippen LogP contribution in [-0.4, -0.2) is 25.0 Å². The summed E-state index contributed by atoms with van der Waals surface area (Å²) in [4.78, 5) is 2.39. The smallest absolute Gasteiger partial charge is 0.369 e. The maximum atomic E-state index is 14.3. The molecular formula is C17H18F4N2S. The van der Waals surface area contributed by atoms with Gasteiger partial charge in [0.25, 0.3) is 0 Å². The van der Waals surface area contributed by atoms with Crippen molar-refractivity contribution in [3.05, 3.63) is 23.5 Å². The van der Waals surface area contributed by atoms with Gasteiger partial charge in [-0.2, -0.15) is 18.4 Å². The summed E-state index contributed by atoms with van der Waals surface area (Å²) >= 11 is 1.54. The van der Waals surface area contributed by atoms with Crippen molar-refractivity contribution >= 4 is 17.4 Å². The lowest BCUT2D eigenvalue weighted by atomic mass is 9.96. The molecule has 0 unspecified atom stereocenters. The Hall–Kier alpha value is -1.42. The molecule has 0 aromatic heterocycles. The molecule has 1 aromatic carbocycles. The third kappa shape index (κ3) is 3.97. The summed E-state index contributed by atoms with van der Waals surface area (Å²) in [6, 6.07) is 4.85. The van der Waals surface area contributed by atoms with Crippen LogP contribution in [0.2, 0.25) is 0 Å². The summed E-state index contributed by atoms with van der Waals surface area (Å²) in [6.07, 6.45) is -1.84. The molecule has 1 aliphatic heterocycles. The average molecular weight is 358 g/mol. The van der Waals surface area contributed by atoms with E-state index in [4.69, 9.17) is 0 Å². The summed E-state index contributed by atoms with van der Waals surface area (Å²) in [5.41, 5.74) is 0.611. The van der Waals surface area contributed by atoms with Crippen molar-refractivity contribution in [2.24, 2.45) is 11.8 Å². The van der Waals surface area contributed by atoms with Crippen molar-refractivity contribution in [3.63, 3.8) is 0 Å². The molecule has 2 nitrogen and oxygen atoms in total. The number of nitrogens with zero attached hydrogens (tertiary/aromatic N) is 2. The lowest BCUT2D eigenvalue weighted by Crippen LogP contribution is -2.39. The number of thioether (sulfide) groups is 1. The van der Waals surface area contributed by atoms with Crippen molar-refractivity contribution in [1.29, 1.82) is 5.26 Å². The predicted octanol–water partition coefficient (Wildman–Crippen LogP) is 4.98. The molecule has 2 fully saturated rings. The number of hydrogen-bond acceptors (Lipinski definition) is 3. The quantitative estimate of drug-likeness (QED) is 0.561. The Morgan fingerprint density at radius 1 is 1.17 bits per heavy atom. The summed E-state index contributed by atoms with van der Waals surface area (Å²) in [6.45, 7) is 0.361. The number of anilines is 1. The van der Waals surface area contributed by atoms with E-state index in [1.807, 2.05) is 6.07 Å². The number of benzene rings is 1. The monoisotopic (exact) mass is 358 g/mol. The van der Waals surface area contributed by atoms with Crippen molar-refractivity contribution in [2.45, 2.75) is 36.8 Å². The fourth-order valence-corrected chi connectivity index (χ4v) is 4.14. The van der Waals surface area contributed by atoms with Crippen LogP contribution in [-0.2, 0) is 0 Å². The Balaban J connectivity index is 1.75. The van der Waals surface area contributed by atoms with Crippen LogP contribution in [0.25, 0.3) is 0 Å². The van der Waals surface area contributed by atoms with Crippen LogP contribution in [0.15, 0.2) is 17.0 Å². The average Bonchev–Trinajstić information content (AvgIpc) is 3.37. The molecule has 1 saturated heterocycles. The number of halogens is 4. The second-order valence-corrected chi connectivity index (χ2v) is 7.53. The fourth-order valence-electron chi connectivity index (χ4n) is 2.93. The topological polar surface area (TPSA) is 27.0 Å². The highest BCUT2D eigenvalue weighted by Gasteiger charge is 2.41. The van der Waals surface area contributed by atoms with Gasteiger partial charge in [-0.25, -0.2) is 4.39 Å². The second kappa shape index (κ2) is 6.83. The van der Waals surface area contributed by atoms with Crippen LogP contribution in [0.4, 0.5) is 23.2 Å². The molecule has 2 aliphatic rings. The maximum Gasteiger partial charge on any atom is 0.391 e. The van der Waals surface area contributed by atoms with Crippen LogP contribution in [0.3, 0.4) is 0 Å². The number of piperidine rings is 1. The summed E-state index contributed by atoms with van der Waals surface area (Å²) < 4.78 is 52.6. The van der Waals surface area contributed by atoms with E-state index in [-0.39, 0.29) is 25.9 Å². The number of rotatable bonds is 4. The zero-order valence-electron chi connectivity index (χ0n) is 13.1. The van der Waals surface area contributed by atoms with E-state index in [0.29, 0.717) is 17.2 Å². The minimum Gasteiger partial charge on any atom is -0.369 e. The first-order valence-corrected chi connectivity index (χ1v) is 9.05. The van der Waals surface area contributed by atoms with Gasteiger partial charge in [0.2, 0.25) is 0 Å². The molecule has 3 rings (SSSR count). The first-order chi connectivity index (χ1) is 11.4. The normalized spacial score (nSPS) is 19.4. The van der Waals surface area contributed by atoms with Crippen LogP contribution in [0.1, 0.15) is 31.2 Å². The van der Waals surface area contributed by atoms with Crippen molar-refractivity contribution in [1.82, 2.24) is 0 Å². The van der Waals surface area contributed by atoms with Crippen molar-refractivity contribution in [3.8, 4) is 6.07 Å².